The summed E-state index contributed by atoms with van der Waals surface area (Å²) in [5.41, 5.74) is 1.94. The molecule has 2 aromatic carbocycles. The minimum atomic E-state index is -0.256. The van der Waals surface area contributed by atoms with Gasteiger partial charge in [-0.15, -0.1) is 10.2 Å². The first-order valence-corrected chi connectivity index (χ1v) is 14.6. The molecule has 3 aromatic rings. The summed E-state index contributed by atoms with van der Waals surface area (Å²) in [4.78, 5) is 15.2. The molecule has 6 rings (SSSR count). The van der Waals surface area contributed by atoms with Crippen molar-refractivity contribution in [2.45, 2.75) is 34.2 Å². The Hall–Kier alpha value is -2.07. The molecule has 3 aliphatic rings. The second-order valence-electron chi connectivity index (χ2n) is 8.95. The van der Waals surface area contributed by atoms with Gasteiger partial charge >= 0.3 is 6.09 Å². The summed E-state index contributed by atoms with van der Waals surface area (Å²) in [6, 6.07) is 19.9. The molecule has 0 saturated carbocycles. The van der Waals surface area contributed by atoms with Crippen molar-refractivity contribution in [1.82, 2.24) is 10.2 Å². The number of fused-ring (bicyclic) bond motifs is 3. The number of aromatic nitrogens is 2. The Morgan fingerprint density at radius 3 is 2.41 bits per heavy atom. The molecule has 0 spiro atoms. The van der Waals surface area contributed by atoms with Gasteiger partial charge in [-0.3, -0.25) is 4.90 Å². The van der Waals surface area contributed by atoms with Crippen molar-refractivity contribution in [2.75, 3.05) is 36.7 Å². The number of benzene rings is 2. The Bertz CT molecular complexity index is 1090. The zero-order valence-corrected chi connectivity index (χ0v) is 21.7. The number of amides is 1. The van der Waals surface area contributed by atoms with Gasteiger partial charge in [0.25, 0.3) is 0 Å². The fourth-order valence-corrected chi connectivity index (χ4v) is 7.54. The van der Waals surface area contributed by atoms with Gasteiger partial charge in [0.1, 0.15) is 12.4 Å². The van der Waals surface area contributed by atoms with E-state index in [2.05, 4.69) is 10.2 Å². The number of hydrogen-bond acceptors (Lipinski definition) is 7. The molecule has 3 saturated heterocycles. The van der Waals surface area contributed by atoms with Gasteiger partial charge in [0.05, 0.1) is 19.6 Å². The largest absolute Gasteiger partial charge is 0.440 e. The Kier molecular flexibility index (Phi) is 7.43. The maximum atomic E-state index is 13.5. The van der Waals surface area contributed by atoms with E-state index in [0.29, 0.717) is 12.5 Å². The van der Waals surface area contributed by atoms with Crippen LogP contribution in [0.1, 0.15) is 18.4 Å². The lowest BCUT2D eigenvalue weighted by Gasteiger charge is -2.51. The van der Waals surface area contributed by atoms with Gasteiger partial charge in [0.2, 0.25) is 0 Å². The number of thioether (sulfide) groups is 2. The van der Waals surface area contributed by atoms with Crippen molar-refractivity contribution in [1.29, 1.82) is 0 Å². The molecule has 34 heavy (non-hydrogen) atoms. The third kappa shape index (κ3) is 5.43. The number of para-hydroxylation sites is 1. The van der Waals surface area contributed by atoms with Crippen LogP contribution in [0.3, 0.4) is 0 Å². The van der Waals surface area contributed by atoms with Gasteiger partial charge in [0.15, 0.2) is 14.8 Å². The lowest BCUT2D eigenvalue weighted by Crippen LogP contribution is -2.64. The highest BCUT2D eigenvalue weighted by atomic mass is 32.2. The number of carbonyl (C=O) groups excluding carboxylic acids is 1. The number of rotatable bonds is 8. The molecule has 1 amide bonds. The fraction of sp³-hybridized carbons (Fsp3) is 0.400. The number of piperidine rings is 3. The van der Waals surface area contributed by atoms with Gasteiger partial charge in [-0.05, 0) is 35.7 Å². The molecular weight excluding hydrogens is 485 g/mol. The number of hydrogen-bond donors (Lipinski definition) is 0. The minimum absolute atomic E-state index is 0.0474. The van der Waals surface area contributed by atoms with Crippen LogP contribution in [0.4, 0.5) is 10.5 Å². The Labute approximate surface area is 213 Å². The predicted octanol–water partition coefficient (Wildman–Crippen LogP) is 5.76. The normalized spacial score (nSPS) is 23.6. The molecule has 0 N–H and O–H groups in total. The predicted molar refractivity (Wildman–Crippen MR) is 139 cm³/mol. The Balaban J connectivity index is 1.27. The van der Waals surface area contributed by atoms with E-state index >= 15 is 0 Å². The van der Waals surface area contributed by atoms with Crippen LogP contribution in [-0.2, 0) is 11.3 Å². The van der Waals surface area contributed by atoms with E-state index in [-0.39, 0.29) is 12.2 Å². The van der Waals surface area contributed by atoms with Crippen molar-refractivity contribution in [3.05, 3.63) is 66.2 Å². The first kappa shape index (κ1) is 23.7. The van der Waals surface area contributed by atoms with Crippen molar-refractivity contribution < 1.29 is 14.0 Å². The molecule has 178 valence electrons. The summed E-state index contributed by atoms with van der Waals surface area (Å²) in [5.74, 6) is 1.41. The topological polar surface area (TPSA) is 55.3 Å². The zero-order chi connectivity index (χ0) is 23.4. The SMILES string of the molecule is CSc1nnc(SC[N+]23CCC(CC2)[C@@H](OC(=O)N(Cc2ccccc2)c2ccccc2)C3)s1. The Morgan fingerprint density at radius 2 is 1.74 bits per heavy atom. The maximum absolute atomic E-state index is 13.5. The van der Waals surface area contributed by atoms with Crippen LogP contribution < -0.4 is 4.90 Å². The van der Waals surface area contributed by atoms with Crippen LogP contribution in [0, 0.1) is 5.92 Å². The highest BCUT2D eigenvalue weighted by molar-refractivity contribution is 8.02. The van der Waals surface area contributed by atoms with Crippen LogP contribution in [0.5, 0.6) is 0 Å². The van der Waals surface area contributed by atoms with E-state index in [9.17, 15) is 4.79 Å². The third-order valence-electron chi connectivity index (χ3n) is 6.79. The van der Waals surface area contributed by atoms with E-state index < -0.39 is 0 Å². The molecule has 3 aliphatic heterocycles. The number of anilines is 1. The van der Waals surface area contributed by atoms with Crippen molar-refractivity contribution in [2.24, 2.45) is 5.92 Å². The number of carbonyl (C=O) groups is 1. The third-order valence-corrected chi connectivity index (χ3v) is 10.1. The van der Waals surface area contributed by atoms with E-state index in [4.69, 9.17) is 4.74 Å². The van der Waals surface area contributed by atoms with Crippen LogP contribution in [0.2, 0.25) is 0 Å². The first-order valence-electron chi connectivity index (χ1n) is 11.6. The monoisotopic (exact) mass is 513 g/mol. The smallest absolute Gasteiger partial charge is 0.415 e. The van der Waals surface area contributed by atoms with E-state index in [1.54, 1.807) is 39.8 Å². The van der Waals surface area contributed by atoms with Crippen LogP contribution >= 0.6 is 34.9 Å². The second-order valence-corrected chi connectivity index (χ2v) is 12.2. The van der Waals surface area contributed by atoms with Crippen LogP contribution in [-0.4, -0.2) is 58.6 Å². The molecule has 2 bridgehead atoms. The van der Waals surface area contributed by atoms with Gasteiger partial charge in [-0.1, -0.05) is 71.6 Å². The van der Waals surface area contributed by atoms with E-state index in [0.717, 1.165) is 62.8 Å². The fourth-order valence-electron chi connectivity index (χ4n) is 4.89. The molecule has 1 aromatic heterocycles. The number of nitrogens with zero attached hydrogens (tertiary/aromatic N) is 4. The average molecular weight is 514 g/mol. The molecule has 0 unspecified atom stereocenters. The summed E-state index contributed by atoms with van der Waals surface area (Å²) < 4.78 is 9.26. The van der Waals surface area contributed by atoms with Gasteiger partial charge in [-0.2, -0.15) is 0 Å². The molecule has 0 aliphatic carbocycles. The quantitative estimate of drug-likeness (QED) is 0.282. The molecule has 9 heteroatoms. The maximum Gasteiger partial charge on any atom is 0.415 e. The van der Waals surface area contributed by atoms with E-state index in [1.807, 2.05) is 66.9 Å². The van der Waals surface area contributed by atoms with E-state index in [1.165, 1.54) is 0 Å². The highest BCUT2D eigenvalue weighted by Crippen LogP contribution is 2.39. The average Bonchev–Trinajstić information content (AvgIpc) is 3.36. The van der Waals surface area contributed by atoms with Crippen LogP contribution in [0.15, 0.2) is 69.3 Å². The molecule has 6 nitrogen and oxygen atoms in total. The lowest BCUT2D eigenvalue weighted by molar-refractivity contribution is -0.934. The van der Waals surface area contributed by atoms with Gasteiger partial charge in [0, 0.05) is 24.4 Å². The summed E-state index contributed by atoms with van der Waals surface area (Å²) in [7, 11) is 0. The second kappa shape index (κ2) is 10.7. The molecular formula is C25H29N4O2S3+. The summed E-state index contributed by atoms with van der Waals surface area (Å²) in [5, 5.41) is 8.54. The minimum Gasteiger partial charge on any atom is -0.440 e. The Morgan fingerprint density at radius 1 is 1.06 bits per heavy atom. The summed E-state index contributed by atoms with van der Waals surface area (Å²) in [6.07, 6.45) is 3.94. The highest BCUT2D eigenvalue weighted by Gasteiger charge is 2.48. The van der Waals surface area contributed by atoms with Gasteiger partial charge in [-0.25, -0.2) is 4.79 Å². The molecule has 0 radical (unpaired) electrons. The number of quaternary nitrogens is 1. The molecule has 3 fully saturated rings. The standard InChI is InChI=1S/C25H29N4O2S3/c1-32-23-26-27-24(34-23)33-18-29-14-12-20(13-15-29)22(17-29)31-25(30)28(21-10-6-3-7-11-21)16-19-8-4-2-5-9-19/h2-11,20,22H,12-18H2,1H3/q+1/t20?,22-,29?/m0/s1. The molecule has 1 atom stereocenters. The van der Waals surface area contributed by atoms with Crippen LogP contribution in [0.25, 0.3) is 0 Å². The summed E-state index contributed by atoms with van der Waals surface area (Å²) in [6.45, 7) is 3.66. The number of ether oxygens (including phenoxy) is 1. The first-order chi connectivity index (χ1) is 16.6. The summed E-state index contributed by atoms with van der Waals surface area (Å²) >= 11 is 5.09. The van der Waals surface area contributed by atoms with Crippen molar-refractivity contribution >= 4 is 46.6 Å². The molecule has 4 heterocycles. The van der Waals surface area contributed by atoms with Crippen molar-refractivity contribution in [3.8, 4) is 0 Å². The van der Waals surface area contributed by atoms with Gasteiger partial charge < -0.3 is 9.22 Å². The van der Waals surface area contributed by atoms with Crippen molar-refractivity contribution in [3.63, 3.8) is 0 Å². The zero-order valence-electron chi connectivity index (χ0n) is 19.2. The lowest BCUT2D eigenvalue weighted by atomic mass is 9.84.